The molecule has 0 aromatic carbocycles. The Hall–Kier alpha value is -1.46. The van der Waals surface area contributed by atoms with Gasteiger partial charge in [0.25, 0.3) is 0 Å². The molecule has 5 nitrogen and oxygen atoms in total. The zero-order valence-electron chi connectivity index (χ0n) is 8.14. The van der Waals surface area contributed by atoms with Crippen molar-refractivity contribution in [3.8, 4) is 0 Å². The van der Waals surface area contributed by atoms with Crippen LogP contribution < -0.4 is 5.73 Å². The van der Waals surface area contributed by atoms with Gasteiger partial charge in [-0.25, -0.2) is 9.78 Å². The molecule has 1 unspecified atom stereocenters. The summed E-state index contributed by atoms with van der Waals surface area (Å²) in [7, 11) is 0. The van der Waals surface area contributed by atoms with Gasteiger partial charge in [-0.3, -0.25) is 0 Å². The van der Waals surface area contributed by atoms with Gasteiger partial charge >= 0.3 is 5.97 Å². The second-order valence-corrected chi connectivity index (χ2v) is 3.70. The van der Waals surface area contributed by atoms with Gasteiger partial charge < -0.3 is 15.6 Å². The van der Waals surface area contributed by atoms with Crippen molar-refractivity contribution in [1.82, 2.24) is 4.98 Å². The average molecular weight is 208 g/mol. The van der Waals surface area contributed by atoms with Crippen molar-refractivity contribution in [2.24, 2.45) is 5.73 Å². The van der Waals surface area contributed by atoms with Crippen LogP contribution >= 0.6 is 0 Å². The second kappa shape index (κ2) is 3.60. The Labute approximate surface area is 86.9 Å². The first-order chi connectivity index (χ1) is 7.12. The molecule has 0 bridgehead atoms. The Morgan fingerprint density at radius 3 is 2.87 bits per heavy atom. The molecule has 2 heterocycles. The van der Waals surface area contributed by atoms with Gasteiger partial charge in [0.05, 0.1) is 12.1 Å². The van der Waals surface area contributed by atoms with Crippen molar-refractivity contribution in [2.45, 2.75) is 12.0 Å². The highest BCUT2D eigenvalue weighted by Gasteiger charge is 2.32. The fourth-order valence-corrected chi connectivity index (χ4v) is 1.62. The Morgan fingerprint density at radius 2 is 2.40 bits per heavy atom. The van der Waals surface area contributed by atoms with Crippen molar-refractivity contribution in [3.63, 3.8) is 0 Å². The van der Waals surface area contributed by atoms with Crippen molar-refractivity contribution < 1.29 is 14.6 Å². The molecule has 1 atom stereocenters. The Bertz CT molecular complexity index is 369. The van der Waals surface area contributed by atoms with Crippen LogP contribution in [0, 0.1) is 0 Å². The van der Waals surface area contributed by atoms with Crippen LogP contribution in [0.5, 0.6) is 0 Å². The van der Waals surface area contributed by atoms with E-state index in [-0.39, 0.29) is 5.69 Å². The van der Waals surface area contributed by atoms with E-state index in [0.29, 0.717) is 13.2 Å². The van der Waals surface area contributed by atoms with Gasteiger partial charge in [0.1, 0.15) is 5.69 Å². The fraction of sp³-hybridized carbons (Fsp3) is 0.400. The zero-order chi connectivity index (χ0) is 10.9. The second-order valence-electron chi connectivity index (χ2n) is 3.70. The molecule has 0 saturated carbocycles. The molecule has 80 valence electrons. The molecule has 0 spiro atoms. The van der Waals surface area contributed by atoms with Crippen LogP contribution in [0.3, 0.4) is 0 Å². The Kier molecular flexibility index (Phi) is 2.42. The predicted molar refractivity (Wildman–Crippen MR) is 52.5 cm³/mol. The topological polar surface area (TPSA) is 85.4 Å². The van der Waals surface area contributed by atoms with Crippen LogP contribution in [-0.2, 0) is 10.3 Å². The molecule has 1 aromatic rings. The number of aromatic nitrogens is 1. The predicted octanol–water partition coefficient (Wildman–Crippen LogP) is 0.354. The summed E-state index contributed by atoms with van der Waals surface area (Å²) in [6, 6.07) is 3.16. The summed E-state index contributed by atoms with van der Waals surface area (Å²) >= 11 is 0. The van der Waals surface area contributed by atoms with Gasteiger partial charge in [0, 0.05) is 12.8 Å². The van der Waals surface area contributed by atoms with Crippen LogP contribution in [0.15, 0.2) is 18.3 Å². The smallest absolute Gasteiger partial charge is 0.354 e. The number of hydrogen-bond acceptors (Lipinski definition) is 4. The molecular formula is C10H12N2O3. The van der Waals surface area contributed by atoms with Crippen molar-refractivity contribution >= 4 is 5.97 Å². The van der Waals surface area contributed by atoms with Crippen LogP contribution in [0.1, 0.15) is 22.5 Å². The van der Waals surface area contributed by atoms with E-state index in [9.17, 15) is 4.79 Å². The number of ether oxygens (including phenoxy) is 1. The van der Waals surface area contributed by atoms with E-state index >= 15 is 0 Å². The largest absolute Gasteiger partial charge is 0.477 e. The Balaban J connectivity index is 2.26. The number of nitrogens with zero attached hydrogens (tertiary/aromatic N) is 1. The van der Waals surface area contributed by atoms with Crippen molar-refractivity contribution in [3.05, 3.63) is 29.6 Å². The van der Waals surface area contributed by atoms with E-state index in [2.05, 4.69) is 4.98 Å². The number of hydrogen-bond donors (Lipinski definition) is 2. The normalized spacial score (nSPS) is 25.4. The number of carboxylic acids is 1. The third-order valence-corrected chi connectivity index (χ3v) is 2.61. The van der Waals surface area contributed by atoms with E-state index in [0.717, 1.165) is 12.0 Å². The van der Waals surface area contributed by atoms with Gasteiger partial charge in [-0.2, -0.15) is 0 Å². The molecule has 5 heteroatoms. The Morgan fingerprint density at radius 1 is 1.60 bits per heavy atom. The molecule has 1 aromatic heterocycles. The van der Waals surface area contributed by atoms with E-state index in [4.69, 9.17) is 15.6 Å². The minimum Gasteiger partial charge on any atom is -0.477 e. The lowest BCUT2D eigenvalue weighted by Gasteiger charge is -2.21. The molecule has 0 radical (unpaired) electrons. The molecule has 1 fully saturated rings. The van der Waals surface area contributed by atoms with Crippen LogP contribution in [-0.4, -0.2) is 29.3 Å². The standard InChI is InChI=1S/C10H12N2O3/c11-10(3-4-15-6-10)7-1-2-8(9(13)14)12-5-7/h1-2,5H,3-4,6,11H2,(H,13,14). The monoisotopic (exact) mass is 208 g/mol. The van der Waals surface area contributed by atoms with Crippen molar-refractivity contribution in [1.29, 1.82) is 0 Å². The zero-order valence-corrected chi connectivity index (χ0v) is 8.14. The molecule has 1 aliphatic heterocycles. The molecule has 0 amide bonds. The summed E-state index contributed by atoms with van der Waals surface area (Å²) in [5.74, 6) is -1.03. The lowest BCUT2D eigenvalue weighted by Crippen LogP contribution is -2.37. The lowest BCUT2D eigenvalue weighted by molar-refractivity contribution is 0.0690. The maximum absolute atomic E-state index is 10.6. The summed E-state index contributed by atoms with van der Waals surface area (Å²) in [5, 5.41) is 8.69. The first kappa shape index (κ1) is 10.1. The van der Waals surface area contributed by atoms with Crippen LogP contribution in [0.25, 0.3) is 0 Å². The summed E-state index contributed by atoms with van der Waals surface area (Å²) in [4.78, 5) is 14.4. The van der Waals surface area contributed by atoms with E-state index < -0.39 is 11.5 Å². The minimum atomic E-state index is -1.03. The maximum atomic E-state index is 10.6. The molecule has 2 rings (SSSR count). The van der Waals surface area contributed by atoms with Gasteiger partial charge in [0.2, 0.25) is 0 Å². The molecule has 0 aliphatic carbocycles. The summed E-state index contributed by atoms with van der Waals surface area (Å²) in [5.41, 5.74) is 6.44. The van der Waals surface area contributed by atoms with E-state index in [1.165, 1.54) is 12.3 Å². The number of nitrogens with two attached hydrogens (primary N) is 1. The molecule has 15 heavy (non-hydrogen) atoms. The van der Waals surface area contributed by atoms with E-state index in [1.807, 2.05) is 0 Å². The quantitative estimate of drug-likeness (QED) is 0.732. The number of rotatable bonds is 2. The van der Waals surface area contributed by atoms with Gasteiger partial charge in [-0.15, -0.1) is 0 Å². The highest BCUT2D eigenvalue weighted by atomic mass is 16.5. The third-order valence-electron chi connectivity index (χ3n) is 2.61. The van der Waals surface area contributed by atoms with Gasteiger partial charge in [-0.1, -0.05) is 6.07 Å². The average Bonchev–Trinajstić information content (AvgIpc) is 2.67. The third kappa shape index (κ3) is 1.84. The lowest BCUT2D eigenvalue weighted by atomic mass is 9.92. The molecule has 3 N–H and O–H groups in total. The first-order valence-corrected chi connectivity index (χ1v) is 4.68. The van der Waals surface area contributed by atoms with Crippen molar-refractivity contribution in [2.75, 3.05) is 13.2 Å². The van der Waals surface area contributed by atoms with Crippen LogP contribution in [0.4, 0.5) is 0 Å². The number of aromatic carboxylic acids is 1. The maximum Gasteiger partial charge on any atom is 0.354 e. The summed E-state index contributed by atoms with van der Waals surface area (Å²) < 4.78 is 5.22. The highest BCUT2D eigenvalue weighted by Crippen LogP contribution is 2.26. The molecular weight excluding hydrogens is 196 g/mol. The van der Waals surface area contributed by atoms with Gasteiger partial charge in [-0.05, 0) is 18.1 Å². The SMILES string of the molecule is NC1(c2ccc(C(=O)O)nc2)CCOC1. The van der Waals surface area contributed by atoms with E-state index in [1.54, 1.807) is 6.07 Å². The number of carbonyl (C=O) groups is 1. The molecule has 1 saturated heterocycles. The number of carboxylic acid groups (broad SMARTS) is 1. The first-order valence-electron chi connectivity index (χ1n) is 4.68. The molecule has 1 aliphatic rings. The number of pyridine rings is 1. The summed E-state index contributed by atoms with van der Waals surface area (Å²) in [6.45, 7) is 1.10. The minimum absolute atomic E-state index is 0.0289. The fourth-order valence-electron chi connectivity index (χ4n) is 1.62. The highest BCUT2D eigenvalue weighted by molar-refractivity contribution is 5.85. The summed E-state index contributed by atoms with van der Waals surface area (Å²) in [6.07, 6.45) is 2.25. The van der Waals surface area contributed by atoms with Crippen LogP contribution in [0.2, 0.25) is 0 Å². The van der Waals surface area contributed by atoms with Gasteiger partial charge in [0.15, 0.2) is 0 Å².